The topological polar surface area (TPSA) is 50.7 Å². The van der Waals surface area contributed by atoms with E-state index in [1.54, 1.807) is 0 Å². The minimum absolute atomic E-state index is 0.465. The molecule has 1 atom stereocenters. The lowest BCUT2D eigenvalue weighted by Crippen LogP contribution is -2.34. The molecule has 0 saturated heterocycles. The number of anilines is 1. The van der Waals surface area contributed by atoms with Crippen molar-refractivity contribution in [3.05, 3.63) is 102 Å². The molecule has 0 fully saturated rings. The molecule has 0 saturated carbocycles. The zero-order chi connectivity index (χ0) is 18.3. The van der Waals surface area contributed by atoms with Gasteiger partial charge in [-0.15, -0.1) is 0 Å². The average Bonchev–Trinajstić information content (AvgIpc) is 2.74. The smallest absolute Gasteiger partial charge is 0.0963 e. The Balaban J connectivity index is 1.81. The molecule has 5 rings (SSSR count). The van der Waals surface area contributed by atoms with Crippen LogP contribution in [-0.4, -0.2) is 15.0 Å². The summed E-state index contributed by atoms with van der Waals surface area (Å²) in [5.74, 6) is 0. The molecule has 3 aromatic heterocycles. The first kappa shape index (κ1) is 15.7. The molecule has 0 spiro atoms. The fourth-order valence-corrected chi connectivity index (χ4v) is 3.70. The van der Waals surface area contributed by atoms with E-state index < -0.39 is 5.54 Å². The van der Waals surface area contributed by atoms with Crippen LogP contribution in [0, 0.1) is 0 Å². The maximum Gasteiger partial charge on any atom is 0.0963 e. The van der Waals surface area contributed by atoms with Crippen molar-refractivity contribution in [3.8, 4) is 0 Å². The van der Waals surface area contributed by atoms with Crippen molar-refractivity contribution < 1.29 is 0 Å². The van der Waals surface area contributed by atoms with E-state index in [9.17, 15) is 0 Å². The van der Waals surface area contributed by atoms with Crippen molar-refractivity contribution in [1.82, 2.24) is 15.0 Å². The third-order valence-corrected chi connectivity index (χ3v) is 5.02. The Hall–Kier alpha value is -3.53. The standard InChI is InChI=1S/C23H18N4/c1-23(20-9-3-5-13-25-20)15-18(19-8-2-4-12-24-19)17-11-10-16-7-6-14-26-21(16)22(17)27-23/h2-15,27H,1H3/t23-/m0/s1. The van der Waals surface area contributed by atoms with Gasteiger partial charge in [0, 0.05) is 35.1 Å². The van der Waals surface area contributed by atoms with Gasteiger partial charge in [-0.2, -0.15) is 0 Å². The van der Waals surface area contributed by atoms with E-state index >= 15 is 0 Å². The summed E-state index contributed by atoms with van der Waals surface area (Å²) in [5, 5.41) is 4.81. The van der Waals surface area contributed by atoms with Crippen LogP contribution in [0.2, 0.25) is 0 Å². The van der Waals surface area contributed by atoms with Crippen LogP contribution < -0.4 is 5.32 Å². The highest BCUT2D eigenvalue weighted by molar-refractivity contribution is 6.01. The molecule has 1 N–H and O–H groups in total. The maximum atomic E-state index is 4.65. The number of pyridine rings is 3. The molecule has 0 radical (unpaired) electrons. The molecule has 1 aliphatic heterocycles. The van der Waals surface area contributed by atoms with Crippen LogP contribution in [0.25, 0.3) is 16.5 Å². The summed E-state index contributed by atoms with van der Waals surface area (Å²) in [6.07, 6.45) is 7.71. The van der Waals surface area contributed by atoms with Gasteiger partial charge in [-0.1, -0.05) is 30.3 Å². The molecule has 130 valence electrons. The van der Waals surface area contributed by atoms with Crippen molar-refractivity contribution >= 4 is 22.2 Å². The molecule has 0 unspecified atom stereocenters. The van der Waals surface area contributed by atoms with Gasteiger partial charge in [0.15, 0.2) is 0 Å². The van der Waals surface area contributed by atoms with Crippen LogP contribution in [0.5, 0.6) is 0 Å². The van der Waals surface area contributed by atoms with Gasteiger partial charge in [0.1, 0.15) is 0 Å². The number of rotatable bonds is 2. The second kappa shape index (κ2) is 6.02. The summed E-state index contributed by atoms with van der Waals surface area (Å²) in [6.45, 7) is 2.14. The number of benzene rings is 1. The molecule has 27 heavy (non-hydrogen) atoms. The molecule has 1 aliphatic rings. The highest BCUT2D eigenvalue weighted by Gasteiger charge is 2.33. The molecular weight excluding hydrogens is 332 g/mol. The third-order valence-electron chi connectivity index (χ3n) is 5.02. The van der Waals surface area contributed by atoms with Crippen molar-refractivity contribution in [3.63, 3.8) is 0 Å². The Morgan fingerprint density at radius 3 is 2.37 bits per heavy atom. The summed E-state index contributed by atoms with van der Waals surface area (Å²) in [6, 6.07) is 20.3. The third kappa shape index (κ3) is 2.57. The zero-order valence-electron chi connectivity index (χ0n) is 14.9. The van der Waals surface area contributed by atoms with Gasteiger partial charge >= 0.3 is 0 Å². The molecule has 4 nitrogen and oxygen atoms in total. The molecule has 4 heteroatoms. The monoisotopic (exact) mass is 350 g/mol. The van der Waals surface area contributed by atoms with E-state index in [2.05, 4.69) is 51.5 Å². The fraction of sp³-hybridized carbons (Fsp3) is 0.0870. The van der Waals surface area contributed by atoms with Gasteiger partial charge in [0.25, 0.3) is 0 Å². The average molecular weight is 350 g/mol. The summed E-state index contributed by atoms with van der Waals surface area (Å²) in [4.78, 5) is 13.9. The highest BCUT2D eigenvalue weighted by Crippen LogP contribution is 2.43. The number of nitrogens with one attached hydrogen (secondary N) is 1. The molecule has 0 aliphatic carbocycles. The Labute approximate surface area is 157 Å². The van der Waals surface area contributed by atoms with Crippen molar-refractivity contribution in [2.24, 2.45) is 0 Å². The highest BCUT2D eigenvalue weighted by atomic mass is 15.0. The molecule has 0 amide bonds. The van der Waals surface area contributed by atoms with Gasteiger partial charge in [-0.3, -0.25) is 15.0 Å². The first-order valence-corrected chi connectivity index (χ1v) is 8.97. The van der Waals surface area contributed by atoms with Crippen molar-refractivity contribution in [2.45, 2.75) is 12.5 Å². The number of hydrogen-bond donors (Lipinski definition) is 1. The van der Waals surface area contributed by atoms with E-state index in [1.165, 1.54) is 0 Å². The Kier molecular flexibility index (Phi) is 3.50. The minimum Gasteiger partial charge on any atom is -0.369 e. The molecule has 1 aromatic carbocycles. The molecular formula is C23H18N4. The van der Waals surface area contributed by atoms with Crippen LogP contribution in [-0.2, 0) is 5.54 Å². The molecule has 4 heterocycles. The predicted octanol–water partition coefficient (Wildman–Crippen LogP) is 4.80. The van der Waals surface area contributed by atoms with Gasteiger partial charge in [0.2, 0.25) is 0 Å². The van der Waals surface area contributed by atoms with Gasteiger partial charge in [0.05, 0.1) is 28.1 Å². The summed E-state index contributed by atoms with van der Waals surface area (Å²) in [5.41, 5.74) is 5.60. The van der Waals surface area contributed by atoms with E-state index in [1.807, 2.05) is 61.1 Å². The molecule has 4 aromatic rings. The van der Waals surface area contributed by atoms with Crippen LogP contribution >= 0.6 is 0 Å². The minimum atomic E-state index is -0.465. The normalized spacial score (nSPS) is 18.5. The first-order chi connectivity index (χ1) is 13.2. The summed E-state index contributed by atoms with van der Waals surface area (Å²) < 4.78 is 0. The van der Waals surface area contributed by atoms with E-state index in [0.29, 0.717) is 0 Å². The van der Waals surface area contributed by atoms with Gasteiger partial charge < -0.3 is 5.32 Å². The second-order valence-electron chi connectivity index (χ2n) is 6.88. The van der Waals surface area contributed by atoms with Crippen molar-refractivity contribution in [1.29, 1.82) is 0 Å². The van der Waals surface area contributed by atoms with Crippen LogP contribution in [0.4, 0.5) is 5.69 Å². The Morgan fingerprint density at radius 2 is 1.59 bits per heavy atom. The molecule has 0 bridgehead atoms. The summed E-state index contributed by atoms with van der Waals surface area (Å²) in [7, 11) is 0. The lowest BCUT2D eigenvalue weighted by molar-refractivity contribution is 0.659. The van der Waals surface area contributed by atoms with Crippen LogP contribution in [0.3, 0.4) is 0 Å². The lowest BCUT2D eigenvalue weighted by Gasteiger charge is -2.35. The SMILES string of the molecule is C[C@@]1(c2ccccn2)C=C(c2ccccn2)c2ccc3cccnc3c2N1. The van der Waals surface area contributed by atoms with Crippen LogP contribution in [0.15, 0.2) is 85.3 Å². The number of fused-ring (bicyclic) bond motifs is 3. The quantitative estimate of drug-likeness (QED) is 0.564. The second-order valence-corrected chi connectivity index (χ2v) is 6.88. The number of nitrogens with zero attached hydrogens (tertiary/aromatic N) is 3. The fourth-order valence-electron chi connectivity index (χ4n) is 3.70. The Bertz CT molecular complexity index is 1150. The van der Waals surface area contributed by atoms with E-state index in [0.717, 1.165) is 39.1 Å². The number of hydrogen-bond acceptors (Lipinski definition) is 4. The van der Waals surface area contributed by atoms with Gasteiger partial charge in [-0.25, -0.2) is 0 Å². The van der Waals surface area contributed by atoms with E-state index in [4.69, 9.17) is 0 Å². The first-order valence-electron chi connectivity index (χ1n) is 8.97. The number of aromatic nitrogens is 3. The Morgan fingerprint density at radius 1 is 0.778 bits per heavy atom. The van der Waals surface area contributed by atoms with Gasteiger partial charge in [-0.05, 0) is 43.3 Å². The predicted molar refractivity (Wildman–Crippen MR) is 108 cm³/mol. The van der Waals surface area contributed by atoms with Crippen LogP contribution in [0.1, 0.15) is 23.9 Å². The maximum absolute atomic E-state index is 4.65. The van der Waals surface area contributed by atoms with Crippen molar-refractivity contribution in [2.75, 3.05) is 5.32 Å². The largest absolute Gasteiger partial charge is 0.369 e. The lowest BCUT2D eigenvalue weighted by atomic mass is 9.84. The zero-order valence-corrected chi connectivity index (χ0v) is 14.9. The summed E-state index contributed by atoms with van der Waals surface area (Å²) >= 11 is 0. The van der Waals surface area contributed by atoms with E-state index in [-0.39, 0.29) is 0 Å².